The minimum absolute atomic E-state index is 0.0706. The highest BCUT2D eigenvalue weighted by molar-refractivity contribution is 8.06. The molecule has 1 aliphatic heterocycles. The fourth-order valence-electron chi connectivity index (χ4n) is 1.13. The van der Waals surface area contributed by atoms with Gasteiger partial charge in [0.25, 0.3) is 5.56 Å². The molecule has 3 N–H and O–H groups in total. The van der Waals surface area contributed by atoms with E-state index in [1.54, 1.807) is 0 Å². The zero-order valence-corrected chi connectivity index (χ0v) is 7.55. The number of H-pyrrole nitrogens is 2. The Morgan fingerprint density at radius 1 is 1.36 bits per heavy atom. The SMILES string of the molecule is O=c1[nH]c(=O)c2c([nH]1)=S([O-])C=CC=2O. The maximum Gasteiger partial charge on any atom is 0.326 e. The first-order chi connectivity index (χ1) is 6.59. The predicted molar refractivity (Wildman–Crippen MR) is 49.7 cm³/mol. The molecule has 6 nitrogen and oxygen atoms in total. The smallest absolute Gasteiger partial charge is 0.326 e. The van der Waals surface area contributed by atoms with Crippen LogP contribution >= 0.6 is 10.8 Å². The number of fused-ring (bicyclic) bond motifs is 1. The molecule has 2 heterocycles. The van der Waals surface area contributed by atoms with Crippen molar-refractivity contribution in [3.63, 3.8) is 0 Å². The molecule has 7 heteroatoms. The van der Waals surface area contributed by atoms with Crippen molar-refractivity contribution in [1.82, 2.24) is 9.97 Å². The normalized spacial score (nSPS) is 19.5. The largest absolute Gasteiger partial charge is 0.798 e. The van der Waals surface area contributed by atoms with E-state index in [0.717, 1.165) is 6.08 Å². The molecule has 74 valence electrons. The van der Waals surface area contributed by atoms with Crippen molar-refractivity contribution in [2.75, 3.05) is 0 Å². The van der Waals surface area contributed by atoms with Gasteiger partial charge in [0.15, 0.2) is 0 Å². The van der Waals surface area contributed by atoms with Crippen LogP contribution in [0.4, 0.5) is 0 Å². The summed E-state index contributed by atoms with van der Waals surface area (Å²) in [6, 6.07) is 0. The second-order valence-electron chi connectivity index (χ2n) is 2.60. The molecular weight excluding hydrogens is 208 g/mol. The number of hydrogen-bond acceptors (Lipinski definition) is 4. The predicted octanol–water partition coefficient (Wildman–Crippen LogP) is -1.09. The summed E-state index contributed by atoms with van der Waals surface area (Å²) in [4.78, 5) is 26.2. The van der Waals surface area contributed by atoms with E-state index in [4.69, 9.17) is 0 Å². The van der Waals surface area contributed by atoms with Crippen molar-refractivity contribution in [2.45, 2.75) is 0 Å². The topological polar surface area (TPSA) is 109 Å². The van der Waals surface area contributed by atoms with Crippen LogP contribution < -0.4 is 16.5 Å². The molecule has 0 saturated carbocycles. The maximum atomic E-state index is 11.3. The van der Waals surface area contributed by atoms with Crippen LogP contribution in [0.25, 0.3) is 5.76 Å². The van der Waals surface area contributed by atoms with Gasteiger partial charge in [-0.05, 0) is 11.5 Å². The molecule has 14 heavy (non-hydrogen) atoms. The van der Waals surface area contributed by atoms with Gasteiger partial charge in [-0.2, -0.15) is 0 Å². The highest BCUT2D eigenvalue weighted by Gasteiger charge is 2.03. The summed E-state index contributed by atoms with van der Waals surface area (Å²) in [7, 11) is -1.59. The number of nitrogens with one attached hydrogen (secondary N) is 2. The Morgan fingerprint density at radius 3 is 2.79 bits per heavy atom. The van der Waals surface area contributed by atoms with Gasteiger partial charge in [-0.25, -0.2) is 15.6 Å². The first-order valence-electron chi connectivity index (χ1n) is 3.61. The van der Waals surface area contributed by atoms with Crippen LogP contribution in [0, 0.1) is 4.64 Å². The van der Waals surface area contributed by atoms with Crippen molar-refractivity contribution in [3.8, 4) is 0 Å². The van der Waals surface area contributed by atoms with E-state index >= 15 is 0 Å². The lowest BCUT2D eigenvalue weighted by Gasteiger charge is -2.11. The third-order valence-electron chi connectivity index (χ3n) is 1.72. The standard InChI is InChI=1S/C7H5N2O4S/c10-3-1-2-14(13)6-4(3)5(11)8-7(12)9-6/h1-2H,(H3-,8,9,10,11,12,13)/q-1. The molecule has 0 spiro atoms. The van der Waals surface area contributed by atoms with Gasteiger partial charge < -0.3 is 14.6 Å². The zero-order chi connectivity index (χ0) is 10.3. The van der Waals surface area contributed by atoms with Gasteiger partial charge in [-0.3, -0.25) is 9.78 Å². The van der Waals surface area contributed by atoms with E-state index in [9.17, 15) is 19.2 Å². The Kier molecular flexibility index (Phi) is 1.90. The second-order valence-corrected chi connectivity index (χ2v) is 3.87. The molecule has 0 fully saturated rings. The zero-order valence-electron chi connectivity index (χ0n) is 6.73. The van der Waals surface area contributed by atoms with Gasteiger partial charge in [0.1, 0.15) is 11.0 Å². The van der Waals surface area contributed by atoms with Gasteiger partial charge in [0.2, 0.25) is 0 Å². The Morgan fingerprint density at radius 2 is 2.07 bits per heavy atom. The summed E-state index contributed by atoms with van der Waals surface area (Å²) >= 11 is 0. The molecule has 1 unspecified atom stereocenters. The summed E-state index contributed by atoms with van der Waals surface area (Å²) < 4.78 is 11.2. The van der Waals surface area contributed by atoms with Crippen LogP contribution in [0.3, 0.4) is 0 Å². The molecule has 0 aromatic carbocycles. The van der Waals surface area contributed by atoms with Crippen LogP contribution in [-0.2, 0) is 0 Å². The summed E-state index contributed by atoms with van der Waals surface area (Å²) in [5.41, 5.74) is -1.50. The quantitative estimate of drug-likeness (QED) is 0.475. The summed E-state index contributed by atoms with van der Waals surface area (Å²) in [6.07, 6.45) is 1.16. The third-order valence-corrected chi connectivity index (χ3v) is 2.81. The molecule has 1 aromatic rings. The molecule has 0 radical (unpaired) electrons. The van der Waals surface area contributed by atoms with Gasteiger partial charge in [-0.15, -0.1) is 0 Å². The van der Waals surface area contributed by atoms with E-state index in [2.05, 4.69) is 4.98 Å². The van der Waals surface area contributed by atoms with E-state index < -0.39 is 22.0 Å². The summed E-state index contributed by atoms with van der Waals surface area (Å²) in [5.74, 6) is -0.308. The lowest BCUT2D eigenvalue weighted by Crippen LogP contribution is -2.38. The Bertz CT molecular complexity index is 651. The molecule has 1 aromatic heterocycles. The van der Waals surface area contributed by atoms with Crippen LogP contribution in [-0.4, -0.2) is 19.6 Å². The molecule has 0 aliphatic carbocycles. The number of aliphatic hydroxyl groups is 1. The van der Waals surface area contributed by atoms with Crippen molar-refractivity contribution in [2.24, 2.45) is 0 Å². The van der Waals surface area contributed by atoms with Gasteiger partial charge in [-0.1, -0.05) is 0 Å². The molecule has 0 amide bonds. The summed E-state index contributed by atoms with van der Waals surface area (Å²) in [6.45, 7) is 0. The molecule has 0 saturated heterocycles. The second kappa shape index (κ2) is 2.96. The van der Waals surface area contributed by atoms with E-state index in [1.165, 1.54) is 5.41 Å². The Balaban J connectivity index is 3.23. The van der Waals surface area contributed by atoms with Crippen LogP contribution in [0.15, 0.2) is 21.1 Å². The monoisotopic (exact) mass is 213 g/mol. The lowest BCUT2D eigenvalue weighted by molar-refractivity contribution is 0.509. The molecular formula is C7H5N2O4S-. The molecule has 0 bridgehead atoms. The number of hydrogen-bond donors (Lipinski definition) is 3. The van der Waals surface area contributed by atoms with Crippen molar-refractivity contribution < 1.29 is 9.66 Å². The van der Waals surface area contributed by atoms with Crippen LogP contribution in [0.2, 0.25) is 0 Å². The Hall–Kier alpha value is -1.60. The fraction of sp³-hybridized carbons (Fsp3) is 0. The average molecular weight is 213 g/mol. The first-order valence-corrected chi connectivity index (χ1v) is 4.82. The van der Waals surface area contributed by atoms with Crippen LogP contribution in [0.5, 0.6) is 0 Å². The summed E-state index contributed by atoms with van der Waals surface area (Å²) in [5, 5.41) is 10.3. The number of aromatic nitrogens is 2. The maximum absolute atomic E-state index is 11.3. The van der Waals surface area contributed by atoms with Crippen molar-refractivity contribution in [1.29, 1.82) is 0 Å². The average Bonchev–Trinajstić information content (AvgIpc) is 2.10. The number of rotatable bonds is 0. The lowest BCUT2D eigenvalue weighted by atomic mass is 10.4. The van der Waals surface area contributed by atoms with Gasteiger partial charge >= 0.3 is 5.69 Å². The first kappa shape index (κ1) is 8.97. The van der Waals surface area contributed by atoms with E-state index in [-0.39, 0.29) is 15.6 Å². The highest BCUT2D eigenvalue weighted by Crippen LogP contribution is 2.13. The number of aliphatic hydroxyl groups excluding tert-OH is 1. The fourth-order valence-corrected chi connectivity index (χ4v) is 2.11. The van der Waals surface area contributed by atoms with Crippen LogP contribution in [0.1, 0.15) is 0 Å². The van der Waals surface area contributed by atoms with Crippen molar-refractivity contribution in [3.05, 3.63) is 42.2 Å². The molecule has 2 rings (SSSR count). The number of aromatic amines is 2. The van der Waals surface area contributed by atoms with E-state index in [0.29, 0.717) is 0 Å². The van der Waals surface area contributed by atoms with Gasteiger partial charge in [0.05, 0.1) is 4.64 Å². The minimum atomic E-state index is -1.59. The highest BCUT2D eigenvalue weighted by atomic mass is 32.2. The third kappa shape index (κ3) is 1.22. The van der Waals surface area contributed by atoms with Crippen molar-refractivity contribution >= 4 is 16.5 Å². The Labute approximate surface area is 79.0 Å². The van der Waals surface area contributed by atoms with Gasteiger partial charge in [0, 0.05) is 0 Å². The van der Waals surface area contributed by atoms with E-state index in [1.807, 2.05) is 4.98 Å². The minimum Gasteiger partial charge on any atom is -0.798 e. The molecule has 1 aliphatic rings. The molecule has 1 atom stereocenters.